The summed E-state index contributed by atoms with van der Waals surface area (Å²) in [5.41, 5.74) is 0. The number of nitrogens with zero attached hydrogens (tertiary/aromatic N) is 1. The molecule has 14 heteroatoms. The molecule has 0 spiro atoms. The Balaban J connectivity index is 2.47. The van der Waals surface area contributed by atoms with Crippen molar-refractivity contribution in [2.45, 2.75) is 205 Å². The highest BCUT2D eigenvalue weighted by Gasteiger charge is 2.35. The minimum absolute atomic E-state index is 0.0145. The molecule has 1 heterocycles. The van der Waals surface area contributed by atoms with Gasteiger partial charge < -0.3 is 38.9 Å². The van der Waals surface area contributed by atoms with Gasteiger partial charge in [-0.05, 0) is 64.2 Å². The smallest absolute Gasteiger partial charge is 0.462 e. The first-order valence-corrected chi connectivity index (χ1v) is 26.3. The van der Waals surface area contributed by atoms with Crippen LogP contribution in [0.15, 0.2) is 48.6 Å². The first-order valence-electron chi connectivity index (χ1n) is 24.8. The first kappa shape index (κ1) is 59.8. The summed E-state index contributed by atoms with van der Waals surface area (Å²) in [5.74, 6) is -1.31. The van der Waals surface area contributed by atoms with Gasteiger partial charge in [0.05, 0.1) is 46.1 Å². The summed E-state index contributed by atoms with van der Waals surface area (Å²) in [6.07, 6.45) is 34.9. The lowest BCUT2D eigenvalue weighted by Gasteiger charge is -2.36. The van der Waals surface area contributed by atoms with Gasteiger partial charge in [-0.3, -0.25) is 18.6 Å². The van der Waals surface area contributed by atoms with Crippen molar-refractivity contribution in [3.63, 3.8) is 0 Å². The molecule has 13 nitrogen and oxygen atoms in total. The number of likely N-dealkylation sites (N-methyl/N-ethyl adjacent to an activating group) is 1. The van der Waals surface area contributed by atoms with Crippen LogP contribution in [0.5, 0.6) is 0 Å². The molecule has 372 valence electrons. The van der Waals surface area contributed by atoms with E-state index >= 15 is 0 Å². The molecule has 2 unspecified atom stereocenters. The largest absolute Gasteiger partial charge is 0.472 e. The van der Waals surface area contributed by atoms with E-state index in [0.29, 0.717) is 43.1 Å². The predicted molar refractivity (Wildman–Crippen MR) is 255 cm³/mol. The topological polar surface area (TPSA) is 178 Å². The van der Waals surface area contributed by atoms with Gasteiger partial charge in [-0.25, -0.2) is 4.57 Å². The number of ether oxygens (including phenoxy) is 3. The third kappa shape index (κ3) is 35.1. The number of aliphatic hydroxyl groups is 3. The van der Waals surface area contributed by atoms with Crippen molar-refractivity contribution in [1.82, 2.24) is 0 Å². The van der Waals surface area contributed by atoms with Gasteiger partial charge in [0.1, 0.15) is 19.8 Å². The summed E-state index contributed by atoms with van der Waals surface area (Å²) in [6, 6.07) is 0. The molecule has 64 heavy (non-hydrogen) atoms. The molecular weight excluding hydrogens is 838 g/mol. The molecule has 1 rings (SSSR count). The van der Waals surface area contributed by atoms with Crippen molar-refractivity contribution in [3.8, 4) is 0 Å². The summed E-state index contributed by atoms with van der Waals surface area (Å²) in [7, 11) is 1.32. The first-order chi connectivity index (χ1) is 30.7. The summed E-state index contributed by atoms with van der Waals surface area (Å²) < 4.78 is 40.0. The average Bonchev–Trinajstić information content (AvgIpc) is 3.23. The van der Waals surface area contributed by atoms with Crippen molar-refractivity contribution in [2.75, 3.05) is 47.5 Å². The van der Waals surface area contributed by atoms with Crippen LogP contribution < -0.4 is 0 Å². The quantitative estimate of drug-likeness (QED) is 0.0151. The third-order valence-electron chi connectivity index (χ3n) is 11.1. The van der Waals surface area contributed by atoms with E-state index in [9.17, 15) is 34.4 Å². The molecule has 0 saturated carbocycles. The normalized spacial score (nSPS) is 20.4. The Morgan fingerprint density at radius 3 is 1.97 bits per heavy atom. The van der Waals surface area contributed by atoms with E-state index in [0.717, 1.165) is 51.4 Å². The number of carbonyl (C=O) groups is 2. The SMILES string of the molecule is CCCCC/C=C\C/C=C\CCCCCCCCCCCC(=O)O[C@H](COC(=O)CCC/C=C\C[C@H]1[C@@H](O)CC(O)O[C@@H]1/C=C/[C@@H](O)CCCCC)COP(=O)(O)OCC[N+](C)(C)C. The molecule has 0 aromatic heterocycles. The summed E-state index contributed by atoms with van der Waals surface area (Å²) in [5, 5.41) is 31.0. The van der Waals surface area contributed by atoms with Crippen LogP contribution in [0.2, 0.25) is 0 Å². The Morgan fingerprint density at radius 2 is 1.31 bits per heavy atom. The molecule has 0 amide bonds. The van der Waals surface area contributed by atoms with E-state index < -0.39 is 57.1 Å². The van der Waals surface area contributed by atoms with E-state index in [1.165, 1.54) is 57.8 Å². The number of phosphoric acid groups is 1. The Kier molecular flexibility index (Phi) is 35.4. The molecule has 0 aromatic rings. The van der Waals surface area contributed by atoms with E-state index in [1.807, 2.05) is 33.3 Å². The number of rotatable bonds is 40. The highest BCUT2D eigenvalue weighted by atomic mass is 31.2. The van der Waals surface area contributed by atoms with Crippen molar-refractivity contribution >= 4 is 19.8 Å². The standard InChI is InChI=1S/C50H90NO12P/c1-6-8-10-11-12-13-14-15-16-17-18-19-20-21-22-23-24-25-31-35-49(55)62-44(42-61-64(57,58)60-39-38-51(3,4)5)41-59-48(54)34-30-27-26-29-33-45-46(53)40-50(56)63-47(45)37-36-43(52)32-28-9-7-2/h12-13,15-16,26,29,36-37,43-47,50,52-53,56H,6-11,14,17-25,27-28,30-35,38-42H2,1-5H3/p+1/b13-12-,16-15-,29-26-,37-36+/t43-,44+,45-,46-,47+,50?/m0/s1. The zero-order chi connectivity index (χ0) is 47.3. The number of carbonyl (C=O) groups excluding carboxylic acids is 2. The minimum Gasteiger partial charge on any atom is -0.462 e. The molecular formula is C50H91NO12P+. The fraction of sp³-hybridized carbons (Fsp3) is 0.800. The fourth-order valence-electron chi connectivity index (χ4n) is 7.14. The molecule has 1 fully saturated rings. The minimum atomic E-state index is -4.45. The molecule has 1 aliphatic heterocycles. The van der Waals surface area contributed by atoms with Crippen LogP contribution in [0.25, 0.3) is 0 Å². The van der Waals surface area contributed by atoms with Crippen molar-refractivity contribution in [3.05, 3.63) is 48.6 Å². The molecule has 1 saturated heterocycles. The van der Waals surface area contributed by atoms with Crippen LogP contribution in [0.3, 0.4) is 0 Å². The highest BCUT2D eigenvalue weighted by Crippen LogP contribution is 2.43. The van der Waals surface area contributed by atoms with Crippen LogP contribution in [-0.2, 0) is 37.4 Å². The Bertz CT molecular complexity index is 1350. The molecule has 1 aliphatic rings. The molecule has 0 aromatic carbocycles. The monoisotopic (exact) mass is 929 g/mol. The number of allylic oxidation sites excluding steroid dienone is 6. The van der Waals surface area contributed by atoms with Gasteiger partial charge in [0.2, 0.25) is 0 Å². The van der Waals surface area contributed by atoms with Crippen LogP contribution in [0, 0.1) is 5.92 Å². The van der Waals surface area contributed by atoms with Crippen molar-refractivity contribution < 1.29 is 62.1 Å². The van der Waals surface area contributed by atoms with Gasteiger partial charge in [0.15, 0.2) is 12.4 Å². The molecule has 0 bridgehead atoms. The number of quaternary nitrogens is 1. The zero-order valence-electron chi connectivity index (χ0n) is 40.5. The summed E-state index contributed by atoms with van der Waals surface area (Å²) in [4.78, 5) is 35.7. The van der Waals surface area contributed by atoms with Gasteiger partial charge in [0, 0.05) is 25.2 Å². The van der Waals surface area contributed by atoms with Crippen LogP contribution in [0.4, 0.5) is 0 Å². The maximum Gasteiger partial charge on any atom is 0.472 e. The number of hydrogen-bond acceptors (Lipinski definition) is 11. The molecule has 7 atom stereocenters. The van der Waals surface area contributed by atoms with Gasteiger partial charge in [-0.2, -0.15) is 0 Å². The highest BCUT2D eigenvalue weighted by molar-refractivity contribution is 7.47. The molecule has 4 N–H and O–H groups in total. The van der Waals surface area contributed by atoms with E-state index in [1.54, 1.807) is 12.2 Å². The summed E-state index contributed by atoms with van der Waals surface area (Å²) in [6.45, 7) is 3.98. The Labute approximate surface area is 387 Å². The summed E-state index contributed by atoms with van der Waals surface area (Å²) >= 11 is 0. The lowest BCUT2D eigenvalue weighted by atomic mass is 9.87. The van der Waals surface area contributed by atoms with Crippen molar-refractivity contribution in [2.24, 2.45) is 5.92 Å². The zero-order valence-corrected chi connectivity index (χ0v) is 41.4. The van der Waals surface area contributed by atoms with Crippen LogP contribution in [-0.4, -0.2) is 115 Å². The van der Waals surface area contributed by atoms with Crippen LogP contribution in [0.1, 0.15) is 174 Å². The number of esters is 2. The fourth-order valence-corrected chi connectivity index (χ4v) is 7.88. The lowest BCUT2D eigenvalue weighted by molar-refractivity contribution is -0.870. The number of phosphoric ester groups is 1. The molecule has 0 aliphatic carbocycles. The lowest BCUT2D eigenvalue weighted by Crippen LogP contribution is -2.43. The second-order valence-corrected chi connectivity index (χ2v) is 19.8. The Morgan fingerprint density at radius 1 is 0.734 bits per heavy atom. The maximum absolute atomic E-state index is 12.8. The maximum atomic E-state index is 12.8. The Hall–Kier alpha value is -2.19. The third-order valence-corrected chi connectivity index (χ3v) is 12.1. The van der Waals surface area contributed by atoms with E-state index in [-0.39, 0.29) is 38.4 Å². The van der Waals surface area contributed by atoms with E-state index in [2.05, 4.69) is 38.2 Å². The van der Waals surface area contributed by atoms with Gasteiger partial charge in [-0.1, -0.05) is 140 Å². The molecule has 0 radical (unpaired) electrons. The number of hydrogen-bond donors (Lipinski definition) is 4. The van der Waals surface area contributed by atoms with Gasteiger partial charge in [-0.15, -0.1) is 0 Å². The van der Waals surface area contributed by atoms with E-state index in [4.69, 9.17) is 23.3 Å². The second-order valence-electron chi connectivity index (χ2n) is 18.4. The second kappa shape index (κ2) is 37.9. The predicted octanol–water partition coefficient (Wildman–Crippen LogP) is 10.4. The number of unbranched alkanes of at least 4 members (excludes halogenated alkanes) is 15. The average molecular weight is 929 g/mol. The number of aliphatic hydroxyl groups excluding tert-OH is 3. The van der Waals surface area contributed by atoms with Gasteiger partial charge >= 0.3 is 19.8 Å². The van der Waals surface area contributed by atoms with Crippen molar-refractivity contribution in [1.29, 1.82) is 0 Å². The van der Waals surface area contributed by atoms with Crippen LogP contribution >= 0.6 is 7.82 Å². The van der Waals surface area contributed by atoms with Gasteiger partial charge in [0.25, 0.3) is 0 Å².